The van der Waals surface area contributed by atoms with E-state index in [-0.39, 0.29) is 10.8 Å². The number of pyridine rings is 1. The molecule has 0 radical (unpaired) electrons. The molecule has 0 N–H and O–H groups in total. The highest BCUT2D eigenvalue weighted by molar-refractivity contribution is 7.89. The summed E-state index contributed by atoms with van der Waals surface area (Å²) in [6.45, 7) is 5.72. The number of hydrogen-bond acceptors (Lipinski definition) is 7. The quantitative estimate of drug-likeness (QED) is 0.727. The van der Waals surface area contributed by atoms with Crippen LogP contribution in [0.2, 0.25) is 0 Å². The van der Waals surface area contributed by atoms with E-state index in [1.54, 1.807) is 23.1 Å². The van der Waals surface area contributed by atoms with Crippen molar-refractivity contribution in [2.75, 3.05) is 57.4 Å². The van der Waals surface area contributed by atoms with E-state index in [1.165, 1.54) is 16.8 Å². The van der Waals surface area contributed by atoms with Gasteiger partial charge in [0.2, 0.25) is 10.0 Å². The van der Waals surface area contributed by atoms with Crippen molar-refractivity contribution in [2.45, 2.75) is 11.8 Å². The van der Waals surface area contributed by atoms with Gasteiger partial charge in [-0.2, -0.15) is 4.31 Å². The molecule has 1 amide bonds. The first kappa shape index (κ1) is 19.9. The molecule has 156 valence electrons. The number of ether oxygens (including phenoxy) is 1. The monoisotopic (exact) mass is 420 g/mol. The molecule has 2 saturated heterocycles. The highest BCUT2D eigenvalue weighted by atomic mass is 32.2. The van der Waals surface area contributed by atoms with Gasteiger partial charge < -0.3 is 19.0 Å². The maximum atomic E-state index is 12.7. The van der Waals surface area contributed by atoms with Gasteiger partial charge >= 0.3 is 0 Å². The minimum Gasteiger partial charge on any atom is -0.459 e. The zero-order chi connectivity index (χ0) is 20.4. The summed E-state index contributed by atoms with van der Waals surface area (Å²) in [6, 6.07) is 5.10. The Morgan fingerprint density at radius 3 is 2.34 bits per heavy atom. The second kappa shape index (κ2) is 8.13. The van der Waals surface area contributed by atoms with Gasteiger partial charge in [-0.1, -0.05) is 0 Å². The van der Waals surface area contributed by atoms with Crippen LogP contribution >= 0.6 is 0 Å². The third-order valence-corrected chi connectivity index (χ3v) is 7.16. The fourth-order valence-electron chi connectivity index (χ4n) is 3.52. The fraction of sp³-hybridized carbons (Fsp3) is 0.474. The Balaban J connectivity index is 1.39. The number of rotatable bonds is 4. The van der Waals surface area contributed by atoms with Gasteiger partial charge in [0.05, 0.1) is 19.5 Å². The van der Waals surface area contributed by atoms with E-state index < -0.39 is 10.0 Å². The number of anilines is 1. The van der Waals surface area contributed by atoms with Gasteiger partial charge in [-0.05, 0) is 25.1 Å². The van der Waals surface area contributed by atoms with Crippen LogP contribution < -0.4 is 4.90 Å². The predicted molar refractivity (Wildman–Crippen MR) is 105 cm³/mol. The molecule has 2 aliphatic heterocycles. The first-order chi connectivity index (χ1) is 14.0. The summed E-state index contributed by atoms with van der Waals surface area (Å²) in [5.74, 6) is 0.980. The van der Waals surface area contributed by atoms with Crippen molar-refractivity contribution in [2.24, 2.45) is 0 Å². The normalized spacial score (nSPS) is 18.8. The minimum atomic E-state index is -3.55. The second-order valence-corrected chi connectivity index (χ2v) is 9.02. The summed E-state index contributed by atoms with van der Waals surface area (Å²) in [5.41, 5.74) is 0.830. The highest BCUT2D eigenvalue weighted by Crippen LogP contribution is 2.21. The van der Waals surface area contributed by atoms with Crippen molar-refractivity contribution in [1.29, 1.82) is 0 Å². The predicted octanol–water partition coefficient (Wildman–Crippen LogP) is 0.966. The summed E-state index contributed by atoms with van der Waals surface area (Å²) in [5, 5.41) is 0. The van der Waals surface area contributed by atoms with Crippen LogP contribution in [0.1, 0.15) is 16.1 Å². The van der Waals surface area contributed by atoms with E-state index >= 15 is 0 Å². The van der Waals surface area contributed by atoms with E-state index in [9.17, 15) is 13.2 Å². The van der Waals surface area contributed by atoms with Gasteiger partial charge in [-0.3, -0.25) is 4.79 Å². The lowest BCUT2D eigenvalue weighted by Gasteiger charge is -2.35. The third-order valence-electron chi connectivity index (χ3n) is 5.28. The van der Waals surface area contributed by atoms with E-state index in [2.05, 4.69) is 4.98 Å². The number of carbonyl (C=O) groups is 1. The molecule has 0 atom stereocenters. The number of carbonyl (C=O) groups excluding carboxylic acids is 1. The van der Waals surface area contributed by atoms with Crippen molar-refractivity contribution < 1.29 is 22.4 Å². The van der Waals surface area contributed by atoms with Crippen LogP contribution in [0.15, 0.2) is 40.0 Å². The molecule has 0 aliphatic carbocycles. The molecule has 9 nitrogen and oxygen atoms in total. The number of aryl methyl sites for hydroxylation is 1. The minimum absolute atomic E-state index is 0.105. The number of morpholine rings is 1. The summed E-state index contributed by atoms with van der Waals surface area (Å²) in [4.78, 5) is 20.9. The SMILES string of the molecule is Cc1ccoc1C(=O)N1CCN(c2ccc(S(=O)(=O)N3CCOCC3)cn2)CC1. The van der Waals surface area contributed by atoms with Crippen LogP contribution in [0.4, 0.5) is 5.82 Å². The van der Waals surface area contributed by atoms with Gasteiger partial charge in [0, 0.05) is 51.0 Å². The van der Waals surface area contributed by atoms with E-state index in [4.69, 9.17) is 9.15 Å². The fourth-order valence-corrected chi connectivity index (χ4v) is 4.88. The van der Waals surface area contributed by atoms with Crippen LogP contribution in [0.3, 0.4) is 0 Å². The first-order valence-electron chi connectivity index (χ1n) is 9.59. The van der Waals surface area contributed by atoms with Crippen LogP contribution in [0, 0.1) is 6.92 Å². The molecular weight excluding hydrogens is 396 g/mol. The third kappa shape index (κ3) is 4.00. The van der Waals surface area contributed by atoms with Gasteiger partial charge in [0.15, 0.2) is 5.76 Å². The van der Waals surface area contributed by atoms with Crippen LogP contribution in [0.5, 0.6) is 0 Å². The molecule has 10 heteroatoms. The lowest BCUT2D eigenvalue weighted by atomic mass is 10.2. The maximum absolute atomic E-state index is 12.7. The number of amides is 1. The van der Waals surface area contributed by atoms with Crippen LogP contribution in [-0.2, 0) is 14.8 Å². The number of sulfonamides is 1. The topological polar surface area (TPSA) is 96.2 Å². The molecule has 0 saturated carbocycles. The van der Waals surface area contributed by atoms with Gasteiger partial charge in [0.25, 0.3) is 5.91 Å². The van der Waals surface area contributed by atoms with Crippen molar-refractivity contribution in [3.8, 4) is 0 Å². The number of hydrogen-bond donors (Lipinski definition) is 0. The summed E-state index contributed by atoms with van der Waals surface area (Å²) in [6.07, 6.45) is 2.93. The zero-order valence-corrected chi connectivity index (χ0v) is 17.1. The van der Waals surface area contributed by atoms with Gasteiger partial charge in [-0.25, -0.2) is 13.4 Å². The molecular formula is C19H24N4O5S. The number of aromatic nitrogens is 1. The van der Waals surface area contributed by atoms with E-state index in [0.29, 0.717) is 64.1 Å². The zero-order valence-electron chi connectivity index (χ0n) is 16.3. The summed E-state index contributed by atoms with van der Waals surface area (Å²) in [7, 11) is -3.55. The van der Waals surface area contributed by atoms with Crippen LogP contribution in [0.25, 0.3) is 0 Å². The Morgan fingerprint density at radius 2 is 1.76 bits per heavy atom. The molecule has 4 heterocycles. The Hall–Kier alpha value is -2.43. The lowest BCUT2D eigenvalue weighted by Crippen LogP contribution is -2.49. The summed E-state index contributed by atoms with van der Waals surface area (Å²) >= 11 is 0. The van der Waals surface area contributed by atoms with E-state index in [0.717, 1.165) is 5.56 Å². The maximum Gasteiger partial charge on any atom is 0.289 e. The highest BCUT2D eigenvalue weighted by Gasteiger charge is 2.28. The van der Waals surface area contributed by atoms with Crippen molar-refractivity contribution in [3.63, 3.8) is 0 Å². The number of piperazine rings is 1. The number of nitrogens with zero attached hydrogens (tertiary/aromatic N) is 4. The average molecular weight is 420 g/mol. The Labute approximate surface area is 169 Å². The Bertz CT molecular complexity index is 959. The first-order valence-corrected chi connectivity index (χ1v) is 11.0. The molecule has 0 spiro atoms. The molecule has 2 aromatic heterocycles. The van der Waals surface area contributed by atoms with Crippen molar-refractivity contribution >= 4 is 21.7 Å². The van der Waals surface area contributed by atoms with Crippen molar-refractivity contribution in [3.05, 3.63) is 42.0 Å². The second-order valence-electron chi connectivity index (χ2n) is 7.08. The molecule has 29 heavy (non-hydrogen) atoms. The smallest absolute Gasteiger partial charge is 0.289 e. The molecule has 0 aromatic carbocycles. The van der Waals surface area contributed by atoms with E-state index in [1.807, 2.05) is 11.8 Å². The molecule has 0 unspecified atom stereocenters. The number of furan rings is 1. The lowest BCUT2D eigenvalue weighted by molar-refractivity contribution is 0.0713. The molecule has 0 bridgehead atoms. The van der Waals surface area contributed by atoms with Gasteiger partial charge in [-0.15, -0.1) is 0 Å². The Morgan fingerprint density at radius 1 is 1.03 bits per heavy atom. The summed E-state index contributed by atoms with van der Waals surface area (Å²) < 4.78 is 37.3. The average Bonchev–Trinajstić information content (AvgIpc) is 3.20. The molecule has 4 rings (SSSR count). The standard InChI is InChI=1S/C19H24N4O5S/c1-15-4-11-28-18(15)19(24)22-7-5-21(6-8-22)17-3-2-16(14-20-17)29(25,26)23-9-12-27-13-10-23/h2-4,11,14H,5-10,12-13H2,1H3. The van der Waals surface area contributed by atoms with Crippen molar-refractivity contribution in [1.82, 2.24) is 14.2 Å². The molecule has 2 fully saturated rings. The molecule has 2 aromatic rings. The Kier molecular flexibility index (Phi) is 5.57. The van der Waals surface area contributed by atoms with Gasteiger partial charge in [0.1, 0.15) is 10.7 Å². The molecule has 2 aliphatic rings. The van der Waals surface area contributed by atoms with Crippen LogP contribution in [-0.4, -0.2) is 81.0 Å². The largest absolute Gasteiger partial charge is 0.459 e.